The van der Waals surface area contributed by atoms with Crippen molar-refractivity contribution in [2.75, 3.05) is 19.0 Å². The number of nitrogens with zero attached hydrogens (tertiary/aromatic N) is 1. The Hall–Kier alpha value is -0.550. The summed E-state index contributed by atoms with van der Waals surface area (Å²) in [6.45, 7) is 0. The summed E-state index contributed by atoms with van der Waals surface area (Å²) in [6.07, 6.45) is 0. The third-order valence-corrected chi connectivity index (χ3v) is 3.41. The first-order chi connectivity index (χ1) is 5.54. The molecule has 1 heterocycles. The first kappa shape index (κ1) is 9.54. The van der Waals surface area contributed by atoms with Crippen LogP contribution in [0, 0.1) is 0 Å². The van der Waals surface area contributed by atoms with Crippen LogP contribution in [0.4, 0.5) is 5.69 Å². The molecule has 1 N–H and O–H groups in total. The van der Waals surface area contributed by atoms with Gasteiger partial charge in [0.15, 0.2) is 0 Å². The number of hydrogen-bond donors (Lipinski definition) is 1. The minimum absolute atomic E-state index is 0.346. The SMILES string of the molecule is CN(C)c1csc(C(=O)O)c1Br. The van der Waals surface area contributed by atoms with Crippen molar-refractivity contribution in [1.82, 2.24) is 0 Å². The molecule has 12 heavy (non-hydrogen) atoms. The third-order valence-electron chi connectivity index (χ3n) is 1.39. The van der Waals surface area contributed by atoms with Crippen molar-refractivity contribution < 1.29 is 9.90 Å². The largest absolute Gasteiger partial charge is 0.477 e. The lowest BCUT2D eigenvalue weighted by molar-refractivity contribution is 0.0701. The summed E-state index contributed by atoms with van der Waals surface area (Å²) < 4.78 is 0.657. The van der Waals surface area contributed by atoms with Gasteiger partial charge in [-0.2, -0.15) is 0 Å². The maximum absolute atomic E-state index is 10.6. The Labute approximate surface area is 82.7 Å². The Morgan fingerprint density at radius 2 is 2.25 bits per heavy atom. The van der Waals surface area contributed by atoms with Crippen molar-refractivity contribution in [1.29, 1.82) is 0 Å². The van der Waals surface area contributed by atoms with Crippen LogP contribution in [0.2, 0.25) is 0 Å². The van der Waals surface area contributed by atoms with Crippen molar-refractivity contribution in [3.8, 4) is 0 Å². The van der Waals surface area contributed by atoms with E-state index in [1.807, 2.05) is 24.4 Å². The van der Waals surface area contributed by atoms with Crippen LogP contribution in [0.15, 0.2) is 9.85 Å². The first-order valence-corrected chi connectivity index (χ1v) is 4.89. The van der Waals surface area contributed by atoms with Gasteiger partial charge in [-0.1, -0.05) is 0 Å². The molecule has 0 atom stereocenters. The quantitative estimate of drug-likeness (QED) is 0.875. The summed E-state index contributed by atoms with van der Waals surface area (Å²) in [7, 11) is 3.75. The second kappa shape index (κ2) is 3.45. The number of hydrogen-bond acceptors (Lipinski definition) is 3. The summed E-state index contributed by atoms with van der Waals surface area (Å²) in [4.78, 5) is 12.8. The smallest absolute Gasteiger partial charge is 0.347 e. The van der Waals surface area contributed by atoms with Gasteiger partial charge in [-0.05, 0) is 15.9 Å². The van der Waals surface area contributed by atoms with E-state index in [4.69, 9.17) is 5.11 Å². The average molecular weight is 250 g/mol. The minimum atomic E-state index is -0.889. The normalized spacial score (nSPS) is 9.92. The summed E-state index contributed by atoms with van der Waals surface area (Å²) in [5, 5.41) is 10.5. The van der Waals surface area contributed by atoms with E-state index >= 15 is 0 Å². The predicted octanol–water partition coefficient (Wildman–Crippen LogP) is 2.27. The number of carboxylic acid groups (broad SMARTS) is 1. The van der Waals surface area contributed by atoms with Gasteiger partial charge < -0.3 is 10.0 Å². The number of carboxylic acids is 1. The molecule has 1 aromatic rings. The van der Waals surface area contributed by atoms with Gasteiger partial charge in [0, 0.05) is 19.5 Å². The van der Waals surface area contributed by atoms with Crippen LogP contribution in [0.5, 0.6) is 0 Å². The summed E-state index contributed by atoms with van der Waals surface area (Å²) in [6, 6.07) is 0. The van der Waals surface area contributed by atoms with Gasteiger partial charge >= 0.3 is 5.97 Å². The number of carbonyl (C=O) groups is 1. The maximum Gasteiger partial charge on any atom is 0.347 e. The van der Waals surface area contributed by atoms with Gasteiger partial charge in [-0.25, -0.2) is 4.79 Å². The molecule has 0 saturated carbocycles. The highest BCUT2D eigenvalue weighted by molar-refractivity contribution is 9.10. The molecule has 0 aliphatic rings. The molecule has 0 spiro atoms. The molecule has 0 radical (unpaired) electrons. The average Bonchev–Trinajstić information content (AvgIpc) is 2.30. The second-order valence-corrected chi connectivity index (χ2v) is 4.14. The molecule has 5 heteroatoms. The lowest BCUT2D eigenvalue weighted by Gasteiger charge is -2.09. The number of anilines is 1. The van der Waals surface area contributed by atoms with Crippen molar-refractivity contribution in [3.63, 3.8) is 0 Å². The van der Waals surface area contributed by atoms with E-state index in [1.165, 1.54) is 11.3 Å². The Balaban J connectivity index is 3.13. The molecular weight excluding hydrogens is 242 g/mol. The molecule has 0 amide bonds. The van der Waals surface area contributed by atoms with E-state index in [1.54, 1.807) is 0 Å². The highest BCUT2D eigenvalue weighted by Gasteiger charge is 2.15. The number of thiophene rings is 1. The highest BCUT2D eigenvalue weighted by Crippen LogP contribution is 2.34. The Morgan fingerprint density at radius 3 is 2.50 bits per heavy atom. The fourth-order valence-corrected chi connectivity index (χ4v) is 2.72. The van der Waals surface area contributed by atoms with Gasteiger partial charge in [-0.15, -0.1) is 11.3 Å². The molecule has 0 saturated heterocycles. The monoisotopic (exact) mass is 249 g/mol. The molecule has 0 aliphatic carbocycles. The summed E-state index contributed by atoms with van der Waals surface area (Å²) in [5.74, 6) is -0.889. The van der Waals surface area contributed by atoms with Gasteiger partial charge in [0.2, 0.25) is 0 Å². The van der Waals surface area contributed by atoms with Crippen LogP contribution < -0.4 is 4.90 Å². The molecule has 1 aromatic heterocycles. The van der Waals surface area contributed by atoms with Gasteiger partial charge in [-0.3, -0.25) is 0 Å². The lowest BCUT2D eigenvalue weighted by Crippen LogP contribution is -2.08. The number of halogens is 1. The standard InChI is InChI=1S/C7H8BrNO2S/c1-9(2)4-3-12-6(5(4)8)7(10)11/h3H,1-2H3,(H,10,11). The maximum atomic E-state index is 10.6. The van der Waals surface area contributed by atoms with E-state index in [2.05, 4.69) is 15.9 Å². The molecule has 3 nitrogen and oxygen atoms in total. The molecule has 0 aliphatic heterocycles. The topological polar surface area (TPSA) is 40.5 Å². The zero-order chi connectivity index (χ0) is 9.30. The fourth-order valence-electron chi connectivity index (χ4n) is 0.781. The van der Waals surface area contributed by atoms with E-state index < -0.39 is 5.97 Å². The summed E-state index contributed by atoms with van der Waals surface area (Å²) >= 11 is 4.46. The zero-order valence-corrected chi connectivity index (χ0v) is 9.07. The van der Waals surface area contributed by atoms with Crippen LogP contribution in [0.3, 0.4) is 0 Å². The Morgan fingerprint density at radius 1 is 1.67 bits per heavy atom. The first-order valence-electron chi connectivity index (χ1n) is 3.21. The zero-order valence-electron chi connectivity index (χ0n) is 6.67. The fraction of sp³-hybridized carbons (Fsp3) is 0.286. The van der Waals surface area contributed by atoms with Crippen LogP contribution in [0.1, 0.15) is 9.67 Å². The van der Waals surface area contributed by atoms with Crippen molar-refractivity contribution in [2.24, 2.45) is 0 Å². The Kier molecular flexibility index (Phi) is 2.74. The van der Waals surface area contributed by atoms with Gasteiger partial charge in [0.25, 0.3) is 0 Å². The van der Waals surface area contributed by atoms with Crippen LogP contribution in [-0.2, 0) is 0 Å². The van der Waals surface area contributed by atoms with Crippen LogP contribution in [-0.4, -0.2) is 25.2 Å². The lowest BCUT2D eigenvalue weighted by atomic mass is 10.4. The molecule has 0 aromatic carbocycles. The molecule has 1 rings (SSSR count). The third kappa shape index (κ3) is 1.61. The van der Waals surface area contributed by atoms with E-state index in [-0.39, 0.29) is 0 Å². The summed E-state index contributed by atoms with van der Waals surface area (Å²) in [5.41, 5.74) is 0.900. The number of rotatable bonds is 2. The molecular formula is C7H8BrNO2S. The highest BCUT2D eigenvalue weighted by atomic mass is 79.9. The van der Waals surface area contributed by atoms with E-state index in [0.717, 1.165) is 5.69 Å². The van der Waals surface area contributed by atoms with Gasteiger partial charge in [0.05, 0.1) is 10.2 Å². The van der Waals surface area contributed by atoms with Crippen molar-refractivity contribution in [2.45, 2.75) is 0 Å². The van der Waals surface area contributed by atoms with Gasteiger partial charge in [0.1, 0.15) is 4.88 Å². The van der Waals surface area contributed by atoms with E-state index in [0.29, 0.717) is 9.35 Å². The van der Waals surface area contributed by atoms with Crippen molar-refractivity contribution in [3.05, 3.63) is 14.7 Å². The van der Waals surface area contributed by atoms with Crippen LogP contribution >= 0.6 is 27.3 Å². The van der Waals surface area contributed by atoms with Crippen molar-refractivity contribution >= 4 is 38.9 Å². The molecule has 0 bridgehead atoms. The molecule has 66 valence electrons. The minimum Gasteiger partial charge on any atom is -0.477 e. The van der Waals surface area contributed by atoms with E-state index in [9.17, 15) is 4.79 Å². The van der Waals surface area contributed by atoms with Crippen LogP contribution in [0.25, 0.3) is 0 Å². The second-order valence-electron chi connectivity index (χ2n) is 2.46. The Bertz CT molecular complexity index is 308. The predicted molar refractivity (Wildman–Crippen MR) is 53.3 cm³/mol. The molecule has 0 fully saturated rings. The number of aromatic carboxylic acids is 1. The molecule has 0 unspecified atom stereocenters.